The molecule has 3 heterocycles. The zero-order chi connectivity index (χ0) is 14.2. The van der Waals surface area contributed by atoms with Crippen molar-refractivity contribution >= 4 is 11.1 Å². The third kappa shape index (κ3) is 2.37. The van der Waals surface area contributed by atoms with E-state index in [0.717, 1.165) is 31.4 Å². The van der Waals surface area contributed by atoms with Gasteiger partial charge in [-0.15, -0.1) is 0 Å². The molecule has 0 atom stereocenters. The number of hydrogen-bond donors (Lipinski definition) is 0. The molecule has 0 radical (unpaired) electrons. The van der Waals surface area contributed by atoms with E-state index in [1.165, 1.54) is 38.3 Å². The van der Waals surface area contributed by atoms with Crippen LogP contribution in [0.15, 0.2) is 15.5 Å². The summed E-state index contributed by atoms with van der Waals surface area (Å²) in [5, 5.41) is 3.68. The third-order valence-electron chi connectivity index (χ3n) is 4.80. The molecular weight excluding hydrogens is 268 g/mol. The Morgan fingerprint density at radius 3 is 2.95 bits per heavy atom. The highest BCUT2D eigenvalue weighted by Crippen LogP contribution is 2.25. The second-order valence-corrected chi connectivity index (χ2v) is 6.26. The van der Waals surface area contributed by atoms with E-state index < -0.39 is 0 Å². The first-order valence-corrected chi connectivity index (χ1v) is 7.88. The predicted molar refractivity (Wildman–Crippen MR) is 77.9 cm³/mol. The molecule has 2 aliphatic rings. The molecule has 0 unspecified atom stereocenters. The highest BCUT2D eigenvalue weighted by Gasteiger charge is 2.24. The maximum Gasteiger partial charge on any atom is 0.300 e. The van der Waals surface area contributed by atoms with Crippen molar-refractivity contribution in [3.8, 4) is 0 Å². The Labute approximate surface area is 122 Å². The SMILES string of the molecule is O=c1c2oncc2nc2n1CCN(CC1CCCCC1)C2. The molecule has 0 aromatic carbocycles. The Morgan fingerprint density at radius 2 is 2.10 bits per heavy atom. The molecule has 6 nitrogen and oxygen atoms in total. The second-order valence-electron chi connectivity index (χ2n) is 6.26. The molecular formula is C15H20N4O2. The molecule has 112 valence electrons. The minimum Gasteiger partial charge on any atom is -0.349 e. The number of rotatable bonds is 2. The van der Waals surface area contributed by atoms with E-state index in [0.29, 0.717) is 12.1 Å². The van der Waals surface area contributed by atoms with Crippen LogP contribution in [0.2, 0.25) is 0 Å². The van der Waals surface area contributed by atoms with Gasteiger partial charge in [0.05, 0.1) is 12.7 Å². The largest absolute Gasteiger partial charge is 0.349 e. The Hall–Kier alpha value is -1.69. The van der Waals surface area contributed by atoms with Gasteiger partial charge in [-0.2, -0.15) is 0 Å². The van der Waals surface area contributed by atoms with E-state index in [1.54, 1.807) is 4.57 Å². The highest BCUT2D eigenvalue weighted by molar-refractivity contribution is 5.69. The Kier molecular flexibility index (Phi) is 3.25. The molecule has 6 heteroatoms. The Balaban J connectivity index is 1.56. The summed E-state index contributed by atoms with van der Waals surface area (Å²) < 4.78 is 6.74. The van der Waals surface area contributed by atoms with Crippen LogP contribution in [0, 0.1) is 5.92 Å². The van der Waals surface area contributed by atoms with E-state index in [9.17, 15) is 4.79 Å². The van der Waals surface area contributed by atoms with Gasteiger partial charge in [0.25, 0.3) is 5.56 Å². The molecule has 2 aromatic rings. The van der Waals surface area contributed by atoms with Crippen LogP contribution in [-0.4, -0.2) is 32.7 Å². The van der Waals surface area contributed by atoms with Crippen molar-refractivity contribution < 1.29 is 4.52 Å². The molecule has 1 aliphatic carbocycles. The fourth-order valence-corrected chi connectivity index (χ4v) is 3.66. The summed E-state index contributed by atoms with van der Waals surface area (Å²) in [6.07, 6.45) is 8.35. The second kappa shape index (κ2) is 5.26. The predicted octanol–water partition coefficient (Wildman–Crippen LogP) is 1.78. The zero-order valence-electron chi connectivity index (χ0n) is 12.1. The minimum absolute atomic E-state index is 0.0928. The lowest BCUT2D eigenvalue weighted by atomic mass is 9.89. The maximum absolute atomic E-state index is 12.3. The molecule has 4 rings (SSSR count). The van der Waals surface area contributed by atoms with Crippen molar-refractivity contribution in [3.63, 3.8) is 0 Å². The van der Waals surface area contributed by atoms with Gasteiger partial charge < -0.3 is 4.52 Å². The lowest BCUT2D eigenvalue weighted by molar-refractivity contribution is 0.162. The fraction of sp³-hybridized carbons (Fsp3) is 0.667. The van der Waals surface area contributed by atoms with Crippen LogP contribution in [0.3, 0.4) is 0 Å². The van der Waals surface area contributed by atoms with Crippen LogP contribution in [0.1, 0.15) is 37.9 Å². The van der Waals surface area contributed by atoms with Crippen molar-refractivity contribution in [1.82, 2.24) is 19.6 Å². The summed E-state index contributed by atoms with van der Waals surface area (Å²) in [6, 6.07) is 0. The standard InChI is InChI=1S/C15H20N4O2/c20-15-14-12(8-16-21-14)17-13-10-18(6-7-19(13)15)9-11-4-2-1-3-5-11/h8,11H,1-7,9-10H2. The van der Waals surface area contributed by atoms with Crippen molar-refractivity contribution in [2.45, 2.75) is 45.2 Å². The molecule has 0 spiro atoms. The van der Waals surface area contributed by atoms with Crippen molar-refractivity contribution in [1.29, 1.82) is 0 Å². The third-order valence-corrected chi connectivity index (χ3v) is 4.80. The van der Waals surface area contributed by atoms with Gasteiger partial charge in [-0.25, -0.2) is 4.98 Å². The first-order valence-electron chi connectivity index (χ1n) is 7.88. The average Bonchev–Trinajstić information content (AvgIpc) is 2.97. The molecule has 1 fully saturated rings. The van der Waals surface area contributed by atoms with Crippen LogP contribution in [0.5, 0.6) is 0 Å². The van der Waals surface area contributed by atoms with Gasteiger partial charge in [-0.1, -0.05) is 24.4 Å². The summed E-state index contributed by atoms with van der Waals surface area (Å²) in [4.78, 5) is 19.3. The zero-order valence-corrected chi connectivity index (χ0v) is 12.1. The van der Waals surface area contributed by atoms with Gasteiger partial charge in [0.1, 0.15) is 11.3 Å². The molecule has 2 aromatic heterocycles. The van der Waals surface area contributed by atoms with E-state index >= 15 is 0 Å². The van der Waals surface area contributed by atoms with E-state index in [-0.39, 0.29) is 11.1 Å². The van der Waals surface area contributed by atoms with E-state index in [2.05, 4.69) is 15.0 Å². The molecule has 1 aliphatic heterocycles. The van der Waals surface area contributed by atoms with Gasteiger partial charge in [0.2, 0.25) is 5.58 Å². The number of nitrogens with zero attached hydrogens (tertiary/aromatic N) is 4. The van der Waals surface area contributed by atoms with Gasteiger partial charge >= 0.3 is 0 Å². The van der Waals surface area contributed by atoms with E-state index in [1.807, 2.05) is 0 Å². The number of hydrogen-bond acceptors (Lipinski definition) is 5. The Morgan fingerprint density at radius 1 is 1.24 bits per heavy atom. The molecule has 0 amide bonds. The van der Waals surface area contributed by atoms with E-state index in [4.69, 9.17) is 4.52 Å². The monoisotopic (exact) mass is 288 g/mol. The minimum atomic E-state index is -0.0928. The fourth-order valence-electron chi connectivity index (χ4n) is 3.66. The lowest BCUT2D eigenvalue weighted by Gasteiger charge is -2.33. The number of fused-ring (bicyclic) bond motifs is 2. The summed E-state index contributed by atoms with van der Waals surface area (Å²) in [7, 11) is 0. The topological polar surface area (TPSA) is 64.2 Å². The molecule has 0 saturated heterocycles. The van der Waals surface area contributed by atoms with Crippen molar-refractivity contribution in [3.05, 3.63) is 22.4 Å². The highest BCUT2D eigenvalue weighted by atomic mass is 16.5. The first kappa shape index (κ1) is 13.0. The quantitative estimate of drug-likeness (QED) is 0.843. The smallest absolute Gasteiger partial charge is 0.300 e. The number of aromatic nitrogens is 3. The molecule has 1 saturated carbocycles. The first-order chi connectivity index (χ1) is 10.3. The average molecular weight is 288 g/mol. The molecule has 21 heavy (non-hydrogen) atoms. The van der Waals surface area contributed by atoms with Crippen LogP contribution in [-0.2, 0) is 13.1 Å². The summed E-state index contributed by atoms with van der Waals surface area (Å²) in [6.45, 7) is 3.51. The van der Waals surface area contributed by atoms with Crippen LogP contribution >= 0.6 is 0 Å². The van der Waals surface area contributed by atoms with Crippen LogP contribution < -0.4 is 5.56 Å². The maximum atomic E-state index is 12.3. The summed E-state index contributed by atoms with van der Waals surface area (Å²) in [5.41, 5.74) is 0.759. The van der Waals surface area contributed by atoms with Crippen molar-refractivity contribution in [2.24, 2.45) is 5.92 Å². The summed E-state index contributed by atoms with van der Waals surface area (Å²) >= 11 is 0. The molecule has 0 N–H and O–H groups in total. The Bertz CT molecular complexity index is 699. The lowest BCUT2D eigenvalue weighted by Crippen LogP contribution is -2.42. The molecule has 0 bridgehead atoms. The van der Waals surface area contributed by atoms with Crippen LogP contribution in [0.4, 0.5) is 0 Å². The van der Waals surface area contributed by atoms with Crippen molar-refractivity contribution in [2.75, 3.05) is 13.1 Å². The van der Waals surface area contributed by atoms with Gasteiger partial charge in [0, 0.05) is 19.6 Å². The summed E-state index contributed by atoms with van der Waals surface area (Å²) in [5.74, 6) is 1.66. The van der Waals surface area contributed by atoms with Gasteiger partial charge in [0.15, 0.2) is 0 Å². The van der Waals surface area contributed by atoms with Gasteiger partial charge in [-0.3, -0.25) is 14.3 Å². The normalized spacial score (nSPS) is 20.8. The van der Waals surface area contributed by atoms with Crippen LogP contribution in [0.25, 0.3) is 11.1 Å². The van der Waals surface area contributed by atoms with Gasteiger partial charge in [-0.05, 0) is 18.8 Å².